The molecule has 1 aromatic rings. The van der Waals surface area contributed by atoms with E-state index in [9.17, 15) is 0 Å². The van der Waals surface area contributed by atoms with Crippen LogP contribution in [0, 0.1) is 0 Å². The summed E-state index contributed by atoms with van der Waals surface area (Å²) in [6.07, 6.45) is 9.23. The van der Waals surface area contributed by atoms with Crippen LogP contribution in [0.15, 0.2) is 36.4 Å². The minimum absolute atomic E-state index is 0.385. The Bertz CT molecular complexity index is 422. The van der Waals surface area contributed by atoms with Gasteiger partial charge in [-0.15, -0.1) is 0 Å². The summed E-state index contributed by atoms with van der Waals surface area (Å²) in [6, 6.07) is 11.0. The second-order valence-electron chi connectivity index (χ2n) is 5.65. The number of likely N-dealkylation sites (tertiary alicyclic amines) is 1. The molecule has 1 heterocycles. The predicted octanol–water partition coefficient (Wildman–Crippen LogP) is 4.11. The first-order valence-corrected chi connectivity index (χ1v) is 7.34. The van der Waals surface area contributed by atoms with E-state index < -0.39 is 0 Å². The molecule has 1 aliphatic heterocycles. The van der Waals surface area contributed by atoms with Crippen LogP contribution in [-0.2, 0) is 0 Å². The lowest BCUT2D eigenvalue weighted by Gasteiger charge is -2.37. The maximum absolute atomic E-state index is 2.75. The molecule has 3 rings (SSSR count). The summed E-state index contributed by atoms with van der Waals surface area (Å²) < 4.78 is 0. The smallest absolute Gasteiger partial charge is 0.0464 e. The van der Waals surface area contributed by atoms with E-state index in [0.717, 1.165) is 0 Å². The monoisotopic (exact) mass is 241 g/mol. The van der Waals surface area contributed by atoms with Gasteiger partial charge in [0, 0.05) is 5.54 Å². The van der Waals surface area contributed by atoms with Crippen molar-refractivity contribution < 1.29 is 0 Å². The Balaban J connectivity index is 1.88. The summed E-state index contributed by atoms with van der Waals surface area (Å²) in [6.45, 7) is 4.79. The van der Waals surface area contributed by atoms with Crippen molar-refractivity contribution in [3.05, 3.63) is 42.0 Å². The van der Waals surface area contributed by atoms with Gasteiger partial charge in [0.05, 0.1) is 0 Å². The van der Waals surface area contributed by atoms with Gasteiger partial charge in [-0.1, -0.05) is 42.8 Å². The van der Waals surface area contributed by atoms with Crippen LogP contribution in [0.4, 0.5) is 0 Å². The van der Waals surface area contributed by atoms with Gasteiger partial charge in [-0.25, -0.2) is 0 Å². The van der Waals surface area contributed by atoms with Crippen molar-refractivity contribution in [1.82, 2.24) is 4.90 Å². The molecule has 1 saturated carbocycles. The number of hydrogen-bond donors (Lipinski definition) is 0. The molecule has 0 aromatic heterocycles. The van der Waals surface area contributed by atoms with Gasteiger partial charge in [0.2, 0.25) is 0 Å². The normalized spacial score (nSPS) is 23.9. The second-order valence-corrected chi connectivity index (χ2v) is 5.65. The SMILES string of the molecule is C/C=C(\c1ccccc1)C1(N2CCCCC2)CC1. The minimum Gasteiger partial charge on any atom is -0.294 e. The summed E-state index contributed by atoms with van der Waals surface area (Å²) in [5.41, 5.74) is 3.37. The maximum Gasteiger partial charge on any atom is 0.0464 e. The number of piperidine rings is 1. The molecule has 0 atom stereocenters. The highest BCUT2D eigenvalue weighted by Crippen LogP contribution is 2.52. The highest BCUT2D eigenvalue weighted by molar-refractivity contribution is 5.75. The fourth-order valence-corrected chi connectivity index (χ4v) is 3.52. The van der Waals surface area contributed by atoms with Gasteiger partial charge in [-0.05, 0) is 56.8 Å². The fourth-order valence-electron chi connectivity index (χ4n) is 3.52. The zero-order valence-electron chi connectivity index (χ0n) is 11.4. The molecule has 0 amide bonds. The maximum atomic E-state index is 2.75. The van der Waals surface area contributed by atoms with Crippen LogP contribution in [-0.4, -0.2) is 23.5 Å². The molecule has 1 aromatic carbocycles. The van der Waals surface area contributed by atoms with Crippen molar-refractivity contribution in [1.29, 1.82) is 0 Å². The quantitative estimate of drug-likeness (QED) is 0.770. The summed E-state index contributed by atoms with van der Waals surface area (Å²) in [7, 11) is 0. The van der Waals surface area contributed by atoms with E-state index in [-0.39, 0.29) is 0 Å². The summed E-state index contributed by atoms with van der Waals surface area (Å²) in [5, 5.41) is 0. The van der Waals surface area contributed by atoms with Crippen molar-refractivity contribution in [3.8, 4) is 0 Å². The lowest BCUT2D eigenvalue weighted by atomic mass is 9.93. The lowest BCUT2D eigenvalue weighted by Crippen LogP contribution is -2.41. The number of benzene rings is 1. The van der Waals surface area contributed by atoms with E-state index >= 15 is 0 Å². The Morgan fingerprint density at radius 3 is 2.28 bits per heavy atom. The predicted molar refractivity (Wildman–Crippen MR) is 77.5 cm³/mol. The van der Waals surface area contributed by atoms with E-state index in [1.165, 1.54) is 50.8 Å². The summed E-state index contributed by atoms with van der Waals surface area (Å²) in [4.78, 5) is 2.75. The molecule has 2 fully saturated rings. The van der Waals surface area contributed by atoms with Crippen molar-refractivity contribution in [3.63, 3.8) is 0 Å². The molecular weight excluding hydrogens is 218 g/mol. The van der Waals surface area contributed by atoms with E-state index in [1.54, 1.807) is 5.57 Å². The van der Waals surface area contributed by atoms with Crippen LogP contribution in [0.25, 0.3) is 5.57 Å². The van der Waals surface area contributed by atoms with E-state index in [4.69, 9.17) is 0 Å². The van der Waals surface area contributed by atoms with Gasteiger partial charge >= 0.3 is 0 Å². The van der Waals surface area contributed by atoms with Gasteiger partial charge in [0.15, 0.2) is 0 Å². The Morgan fingerprint density at radius 2 is 1.72 bits per heavy atom. The average Bonchev–Trinajstić information content (AvgIpc) is 3.24. The van der Waals surface area contributed by atoms with E-state index in [1.807, 2.05) is 0 Å². The molecule has 0 N–H and O–H groups in total. The highest BCUT2D eigenvalue weighted by atomic mass is 15.2. The van der Waals surface area contributed by atoms with Gasteiger partial charge in [-0.2, -0.15) is 0 Å². The number of nitrogens with zero attached hydrogens (tertiary/aromatic N) is 1. The van der Waals surface area contributed by atoms with Crippen LogP contribution >= 0.6 is 0 Å². The number of hydrogen-bond acceptors (Lipinski definition) is 1. The van der Waals surface area contributed by atoms with Crippen LogP contribution in [0.1, 0.15) is 44.6 Å². The zero-order chi connectivity index (χ0) is 12.4. The van der Waals surface area contributed by atoms with Crippen molar-refractivity contribution in [2.45, 2.75) is 44.6 Å². The molecular formula is C17H23N. The van der Waals surface area contributed by atoms with E-state index in [0.29, 0.717) is 5.54 Å². The lowest BCUT2D eigenvalue weighted by molar-refractivity contribution is 0.182. The van der Waals surface area contributed by atoms with Crippen molar-refractivity contribution in [2.24, 2.45) is 0 Å². The highest BCUT2D eigenvalue weighted by Gasteiger charge is 2.50. The van der Waals surface area contributed by atoms with Gasteiger partial charge in [-0.3, -0.25) is 4.90 Å². The average molecular weight is 241 g/mol. The third kappa shape index (κ3) is 2.01. The standard InChI is InChI=1S/C17H23N/c1-2-16(15-9-5-3-6-10-15)17(11-12-17)18-13-7-4-8-14-18/h2-3,5-6,9-10H,4,7-8,11-14H2,1H3/b16-2+. The van der Waals surface area contributed by atoms with Gasteiger partial charge in [0.25, 0.3) is 0 Å². The van der Waals surface area contributed by atoms with Gasteiger partial charge < -0.3 is 0 Å². The Labute approximate surface area is 111 Å². The van der Waals surface area contributed by atoms with Gasteiger partial charge in [0.1, 0.15) is 0 Å². The first-order chi connectivity index (χ1) is 8.87. The number of allylic oxidation sites excluding steroid dienone is 1. The topological polar surface area (TPSA) is 3.24 Å². The second kappa shape index (κ2) is 4.89. The van der Waals surface area contributed by atoms with Crippen molar-refractivity contribution in [2.75, 3.05) is 13.1 Å². The Kier molecular flexibility index (Phi) is 3.25. The van der Waals surface area contributed by atoms with E-state index in [2.05, 4.69) is 48.2 Å². The van der Waals surface area contributed by atoms with Crippen LogP contribution in [0.5, 0.6) is 0 Å². The first-order valence-electron chi connectivity index (χ1n) is 7.34. The molecule has 18 heavy (non-hydrogen) atoms. The Morgan fingerprint density at radius 1 is 1.06 bits per heavy atom. The largest absolute Gasteiger partial charge is 0.294 e. The molecule has 1 saturated heterocycles. The molecule has 0 spiro atoms. The molecule has 0 bridgehead atoms. The summed E-state index contributed by atoms with van der Waals surface area (Å²) in [5.74, 6) is 0. The summed E-state index contributed by atoms with van der Waals surface area (Å²) >= 11 is 0. The minimum atomic E-state index is 0.385. The molecule has 96 valence electrons. The molecule has 1 aliphatic carbocycles. The molecule has 0 unspecified atom stereocenters. The van der Waals surface area contributed by atoms with Crippen LogP contribution in [0.2, 0.25) is 0 Å². The third-order valence-corrected chi connectivity index (χ3v) is 4.56. The zero-order valence-corrected chi connectivity index (χ0v) is 11.4. The third-order valence-electron chi connectivity index (χ3n) is 4.56. The van der Waals surface area contributed by atoms with Crippen LogP contribution in [0.3, 0.4) is 0 Å². The molecule has 2 aliphatic rings. The molecule has 1 heteroatoms. The fraction of sp³-hybridized carbons (Fsp3) is 0.529. The molecule has 1 nitrogen and oxygen atoms in total. The first kappa shape index (κ1) is 12.0. The molecule has 0 radical (unpaired) electrons. The number of rotatable bonds is 3. The van der Waals surface area contributed by atoms with Crippen molar-refractivity contribution >= 4 is 5.57 Å². The van der Waals surface area contributed by atoms with Crippen LogP contribution < -0.4 is 0 Å². The Hall–Kier alpha value is -1.08.